The van der Waals surface area contributed by atoms with Crippen LogP contribution in [-0.2, 0) is 13.0 Å². The van der Waals surface area contributed by atoms with Gasteiger partial charge in [0.2, 0.25) is 0 Å². The van der Waals surface area contributed by atoms with E-state index in [1.54, 1.807) is 0 Å². The summed E-state index contributed by atoms with van der Waals surface area (Å²) in [6.45, 7) is 3.07. The molecule has 0 aliphatic heterocycles. The van der Waals surface area contributed by atoms with Gasteiger partial charge >= 0.3 is 0 Å². The predicted octanol–water partition coefficient (Wildman–Crippen LogP) is 3.85. The minimum absolute atomic E-state index is 0.729. The average Bonchev–Trinajstić information content (AvgIpc) is 3.08. The lowest BCUT2D eigenvalue weighted by Gasteiger charge is -2.01. The van der Waals surface area contributed by atoms with Crippen LogP contribution in [0.2, 0.25) is 0 Å². The van der Waals surface area contributed by atoms with Gasteiger partial charge in [-0.3, -0.25) is 0 Å². The molecule has 2 aromatic rings. The minimum atomic E-state index is 0.729. The highest BCUT2D eigenvalue weighted by Gasteiger charge is 2.22. The van der Waals surface area contributed by atoms with Crippen molar-refractivity contribution in [2.75, 3.05) is 0 Å². The molecule has 0 unspecified atom stereocenters. The molecule has 1 fully saturated rings. The Bertz CT molecular complexity index is 542. The molecular weight excluding hydrogens is 325 g/mol. The molecule has 0 saturated heterocycles. The maximum absolute atomic E-state index is 6.03. The van der Waals surface area contributed by atoms with Gasteiger partial charge in [0.15, 0.2) is 0 Å². The number of halogens is 1. The molecule has 1 aromatic carbocycles. The molecule has 90 valence electrons. The lowest BCUT2D eigenvalue weighted by molar-refractivity contribution is 0.506. The Morgan fingerprint density at radius 1 is 1.41 bits per heavy atom. The molecule has 0 bridgehead atoms. The zero-order valence-electron chi connectivity index (χ0n) is 9.92. The van der Waals surface area contributed by atoms with Crippen LogP contribution < -0.4 is 5.32 Å². The third kappa shape index (κ3) is 2.22. The summed E-state index contributed by atoms with van der Waals surface area (Å²) >= 11 is 2.34. The lowest BCUT2D eigenvalue weighted by Crippen LogP contribution is -2.15. The molecule has 1 aliphatic carbocycles. The number of nitrogens with one attached hydrogen (secondary N) is 1. The predicted molar refractivity (Wildman–Crippen MR) is 78.2 cm³/mol. The summed E-state index contributed by atoms with van der Waals surface area (Å²) in [6.07, 6.45) is 3.67. The van der Waals surface area contributed by atoms with E-state index in [4.69, 9.17) is 4.42 Å². The van der Waals surface area contributed by atoms with Crippen LogP contribution in [0.3, 0.4) is 0 Å². The first kappa shape index (κ1) is 11.5. The van der Waals surface area contributed by atoms with E-state index in [9.17, 15) is 0 Å². The Kier molecular flexibility index (Phi) is 3.13. The Hall–Kier alpha value is -0.550. The second-order valence-electron chi connectivity index (χ2n) is 4.63. The van der Waals surface area contributed by atoms with Crippen molar-refractivity contribution in [1.82, 2.24) is 5.32 Å². The second-order valence-corrected chi connectivity index (χ2v) is 5.79. The summed E-state index contributed by atoms with van der Waals surface area (Å²) in [5.74, 6) is 1.12. The van der Waals surface area contributed by atoms with E-state index in [-0.39, 0.29) is 0 Å². The van der Waals surface area contributed by atoms with Crippen LogP contribution in [0, 0.1) is 3.57 Å². The third-order valence-corrected chi connectivity index (χ3v) is 4.19. The van der Waals surface area contributed by atoms with Crippen LogP contribution in [0.4, 0.5) is 0 Å². The number of benzene rings is 1. The number of para-hydroxylation sites is 1. The molecule has 0 spiro atoms. The monoisotopic (exact) mass is 341 g/mol. The highest BCUT2D eigenvalue weighted by atomic mass is 127. The number of rotatable bonds is 4. The van der Waals surface area contributed by atoms with Gasteiger partial charge in [0.1, 0.15) is 11.3 Å². The van der Waals surface area contributed by atoms with Gasteiger partial charge in [-0.2, -0.15) is 0 Å². The summed E-state index contributed by atoms with van der Waals surface area (Å²) in [7, 11) is 0. The van der Waals surface area contributed by atoms with Crippen molar-refractivity contribution in [3.05, 3.63) is 33.1 Å². The fourth-order valence-corrected chi connectivity index (χ4v) is 2.85. The second kappa shape index (κ2) is 4.61. The number of aryl methyl sites for hydroxylation is 1. The first-order chi connectivity index (χ1) is 8.29. The number of fused-ring (bicyclic) bond motifs is 1. The molecule has 1 aliphatic rings. The molecule has 0 radical (unpaired) electrons. The van der Waals surface area contributed by atoms with Crippen LogP contribution in [0.25, 0.3) is 11.0 Å². The van der Waals surface area contributed by atoms with E-state index < -0.39 is 0 Å². The van der Waals surface area contributed by atoms with Crippen molar-refractivity contribution in [2.45, 2.75) is 38.8 Å². The topological polar surface area (TPSA) is 25.2 Å². The zero-order chi connectivity index (χ0) is 11.8. The zero-order valence-corrected chi connectivity index (χ0v) is 12.1. The van der Waals surface area contributed by atoms with Gasteiger partial charge in [0.05, 0.1) is 10.1 Å². The summed E-state index contributed by atoms with van der Waals surface area (Å²) in [5.41, 5.74) is 2.42. The molecule has 1 heterocycles. The Balaban J connectivity index is 2.00. The highest BCUT2D eigenvalue weighted by molar-refractivity contribution is 14.1. The van der Waals surface area contributed by atoms with Crippen molar-refractivity contribution in [3.8, 4) is 0 Å². The maximum Gasteiger partial charge on any atom is 0.147 e. The standard InChI is InChI=1S/C14H16INO/c1-2-10-11-4-3-5-12(15)14(11)17-13(10)8-16-9-6-7-9/h3-5,9,16H,2,6-8H2,1H3. The van der Waals surface area contributed by atoms with Crippen molar-refractivity contribution < 1.29 is 4.42 Å². The highest BCUT2D eigenvalue weighted by Crippen LogP contribution is 2.30. The molecule has 3 heteroatoms. The van der Waals surface area contributed by atoms with E-state index in [0.29, 0.717) is 0 Å². The summed E-state index contributed by atoms with van der Waals surface area (Å²) in [5, 5.41) is 4.82. The Morgan fingerprint density at radius 2 is 2.24 bits per heavy atom. The molecular formula is C14H16INO. The quantitative estimate of drug-likeness (QED) is 0.855. The molecule has 1 aromatic heterocycles. The molecule has 1 saturated carbocycles. The molecule has 3 rings (SSSR count). The van der Waals surface area contributed by atoms with Gasteiger partial charge in [0, 0.05) is 17.0 Å². The maximum atomic E-state index is 6.03. The van der Waals surface area contributed by atoms with E-state index in [0.717, 1.165) is 30.4 Å². The van der Waals surface area contributed by atoms with Crippen LogP contribution in [-0.4, -0.2) is 6.04 Å². The largest absolute Gasteiger partial charge is 0.458 e. The SMILES string of the molecule is CCc1c(CNC2CC2)oc2c(I)cccc12. The van der Waals surface area contributed by atoms with Gasteiger partial charge in [0.25, 0.3) is 0 Å². The Labute approximate surface area is 115 Å². The van der Waals surface area contributed by atoms with Gasteiger partial charge in [-0.1, -0.05) is 19.1 Å². The first-order valence-electron chi connectivity index (χ1n) is 6.21. The van der Waals surface area contributed by atoms with E-state index in [1.165, 1.54) is 27.4 Å². The van der Waals surface area contributed by atoms with Crippen molar-refractivity contribution >= 4 is 33.6 Å². The van der Waals surface area contributed by atoms with Crippen molar-refractivity contribution in [2.24, 2.45) is 0 Å². The minimum Gasteiger partial charge on any atom is -0.458 e. The van der Waals surface area contributed by atoms with Crippen LogP contribution >= 0.6 is 22.6 Å². The summed E-state index contributed by atoms with van der Waals surface area (Å²) in [4.78, 5) is 0. The molecule has 17 heavy (non-hydrogen) atoms. The first-order valence-corrected chi connectivity index (χ1v) is 7.29. The summed E-state index contributed by atoms with van der Waals surface area (Å²) < 4.78 is 7.23. The smallest absolute Gasteiger partial charge is 0.147 e. The van der Waals surface area contributed by atoms with Crippen LogP contribution in [0.5, 0.6) is 0 Å². The number of hydrogen-bond acceptors (Lipinski definition) is 2. The van der Waals surface area contributed by atoms with E-state index in [2.05, 4.69) is 53.0 Å². The summed E-state index contributed by atoms with van der Waals surface area (Å²) in [6, 6.07) is 7.10. The van der Waals surface area contributed by atoms with E-state index in [1.807, 2.05) is 0 Å². The van der Waals surface area contributed by atoms with Crippen molar-refractivity contribution in [3.63, 3.8) is 0 Å². The molecule has 2 nitrogen and oxygen atoms in total. The number of furan rings is 1. The Morgan fingerprint density at radius 3 is 2.94 bits per heavy atom. The fraction of sp³-hybridized carbons (Fsp3) is 0.429. The normalized spacial score (nSPS) is 15.6. The van der Waals surface area contributed by atoms with Crippen LogP contribution in [0.15, 0.2) is 22.6 Å². The molecule has 0 amide bonds. The van der Waals surface area contributed by atoms with Gasteiger partial charge in [-0.25, -0.2) is 0 Å². The number of hydrogen-bond donors (Lipinski definition) is 1. The van der Waals surface area contributed by atoms with Gasteiger partial charge in [-0.15, -0.1) is 0 Å². The molecule has 1 N–H and O–H groups in total. The van der Waals surface area contributed by atoms with Gasteiger partial charge < -0.3 is 9.73 Å². The fourth-order valence-electron chi connectivity index (χ4n) is 2.24. The van der Waals surface area contributed by atoms with Gasteiger partial charge in [-0.05, 0) is 47.9 Å². The lowest BCUT2D eigenvalue weighted by atomic mass is 10.1. The average molecular weight is 341 g/mol. The van der Waals surface area contributed by atoms with Crippen LogP contribution in [0.1, 0.15) is 31.1 Å². The third-order valence-electron chi connectivity index (χ3n) is 3.34. The van der Waals surface area contributed by atoms with E-state index >= 15 is 0 Å². The van der Waals surface area contributed by atoms with Crippen molar-refractivity contribution in [1.29, 1.82) is 0 Å². The molecule has 0 atom stereocenters.